The summed E-state index contributed by atoms with van der Waals surface area (Å²) in [5.74, 6) is 0.0739. The van der Waals surface area contributed by atoms with Crippen molar-refractivity contribution in [1.82, 2.24) is 4.98 Å². The minimum atomic E-state index is -4.39. The van der Waals surface area contributed by atoms with Crippen molar-refractivity contribution in [1.29, 1.82) is 0 Å². The summed E-state index contributed by atoms with van der Waals surface area (Å²) in [5.41, 5.74) is 5.63. The number of aromatic nitrogens is 1. The predicted octanol–water partition coefficient (Wildman–Crippen LogP) is 1.87. The number of nitrogens with two attached hydrogens (primary N) is 1. The molecule has 6 heteroatoms. The Morgan fingerprint density at radius 2 is 2.20 bits per heavy atom. The molecule has 0 saturated heterocycles. The van der Waals surface area contributed by atoms with Crippen LogP contribution >= 0.6 is 0 Å². The first-order chi connectivity index (χ1) is 6.95. The van der Waals surface area contributed by atoms with E-state index in [0.717, 1.165) is 6.92 Å². The molecule has 0 amide bonds. The molecule has 0 aliphatic heterocycles. The molecule has 1 unspecified atom stereocenters. The third kappa shape index (κ3) is 3.09. The third-order valence-electron chi connectivity index (χ3n) is 1.81. The molecule has 84 valence electrons. The minimum absolute atomic E-state index is 0.0424. The fraction of sp³-hybridized carbons (Fsp3) is 0.444. The number of hydrogen-bond acceptors (Lipinski definition) is 3. The van der Waals surface area contributed by atoms with Gasteiger partial charge in [-0.15, -0.1) is 0 Å². The summed E-state index contributed by atoms with van der Waals surface area (Å²) in [7, 11) is 0. The molecule has 0 saturated carbocycles. The van der Waals surface area contributed by atoms with Crippen molar-refractivity contribution in [2.45, 2.75) is 25.7 Å². The second-order valence-corrected chi connectivity index (χ2v) is 2.95. The summed E-state index contributed by atoms with van der Waals surface area (Å²) in [4.78, 5) is 3.81. The third-order valence-corrected chi connectivity index (χ3v) is 1.81. The Labute approximate surface area is 85.1 Å². The molecule has 1 atom stereocenters. The van der Waals surface area contributed by atoms with E-state index in [0.29, 0.717) is 5.69 Å². The van der Waals surface area contributed by atoms with Gasteiger partial charge in [-0.1, -0.05) is 0 Å². The maximum absolute atomic E-state index is 12.2. The van der Waals surface area contributed by atoms with E-state index in [1.54, 1.807) is 0 Å². The van der Waals surface area contributed by atoms with Crippen molar-refractivity contribution >= 4 is 0 Å². The van der Waals surface area contributed by atoms with Crippen LogP contribution in [0.2, 0.25) is 0 Å². The van der Waals surface area contributed by atoms with Crippen LogP contribution < -0.4 is 10.5 Å². The molecule has 3 nitrogen and oxygen atoms in total. The second kappa shape index (κ2) is 4.48. The quantitative estimate of drug-likeness (QED) is 0.845. The monoisotopic (exact) mass is 220 g/mol. The molecule has 0 aromatic carbocycles. The highest BCUT2D eigenvalue weighted by atomic mass is 19.4. The van der Waals surface area contributed by atoms with E-state index in [-0.39, 0.29) is 12.3 Å². The summed E-state index contributed by atoms with van der Waals surface area (Å²) in [5, 5.41) is 0. The lowest BCUT2D eigenvalue weighted by Crippen LogP contribution is -2.31. The lowest BCUT2D eigenvalue weighted by atomic mass is 10.3. The largest absolute Gasteiger partial charge is 0.479 e. The zero-order valence-electron chi connectivity index (χ0n) is 8.08. The number of rotatable bonds is 3. The molecule has 0 bridgehead atoms. The summed E-state index contributed by atoms with van der Waals surface area (Å²) in [6.45, 7) is 0.980. The number of pyridine rings is 1. The van der Waals surface area contributed by atoms with Crippen molar-refractivity contribution < 1.29 is 17.9 Å². The van der Waals surface area contributed by atoms with Crippen molar-refractivity contribution in [3.63, 3.8) is 0 Å². The molecule has 0 spiro atoms. The highest BCUT2D eigenvalue weighted by Crippen LogP contribution is 2.25. The number of nitrogens with zero attached hydrogens (tertiary/aromatic N) is 1. The Morgan fingerprint density at radius 3 is 2.73 bits per heavy atom. The Morgan fingerprint density at radius 1 is 1.53 bits per heavy atom. The van der Waals surface area contributed by atoms with Crippen LogP contribution in [0.4, 0.5) is 13.2 Å². The van der Waals surface area contributed by atoms with E-state index in [4.69, 9.17) is 10.5 Å². The highest BCUT2D eigenvalue weighted by Gasteiger charge is 2.38. The van der Waals surface area contributed by atoms with Gasteiger partial charge in [-0.2, -0.15) is 13.2 Å². The van der Waals surface area contributed by atoms with Gasteiger partial charge >= 0.3 is 6.18 Å². The number of halogens is 3. The zero-order valence-corrected chi connectivity index (χ0v) is 8.08. The molecular formula is C9H11F3N2O. The van der Waals surface area contributed by atoms with Gasteiger partial charge in [0.25, 0.3) is 0 Å². The molecule has 0 radical (unpaired) electrons. The fourth-order valence-electron chi connectivity index (χ4n) is 0.941. The van der Waals surface area contributed by atoms with Crippen LogP contribution in [0.15, 0.2) is 18.3 Å². The molecule has 1 aromatic heterocycles. The van der Waals surface area contributed by atoms with Gasteiger partial charge in [-0.3, -0.25) is 4.98 Å². The fourth-order valence-corrected chi connectivity index (χ4v) is 0.941. The predicted molar refractivity (Wildman–Crippen MR) is 48.3 cm³/mol. The van der Waals surface area contributed by atoms with Gasteiger partial charge in [-0.25, -0.2) is 0 Å². The van der Waals surface area contributed by atoms with Crippen LogP contribution in [-0.4, -0.2) is 17.3 Å². The van der Waals surface area contributed by atoms with Crippen molar-refractivity contribution in [2.75, 3.05) is 0 Å². The first-order valence-electron chi connectivity index (χ1n) is 4.32. The highest BCUT2D eigenvalue weighted by molar-refractivity contribution is 5.26. The molecule has 0 aliphatic rings. The van der Waals surface area contributed by atoms with Crippen LogP contribution in [0.1, 0.15) is 12.6 Å². The van der Waals surface area contributed by atoms with E-state index in [1.807, 2.05) is 0 Å². The van der Waals surface area contributed by atoms with Crippen LogP contribution in [0.25, 0.3) is 0 Å². The van der Waals surface area contributed by atoms with E-state index >= 15 is 0 Å². The minimum Gasteiger partial charge on any atom is -0.479 e. The van der Waals surface area contributed by atoms with E-state index < -0.39 is 12.3 Å². The molecule has 0 fully saturated rings. The topological polar surface area (TPSA) is 48.1 Å². The van der Waals surface area contributed by atoms with Gasteiger partial charge in [0, 0.05) is 12.7 Å². The number of alkyl halides is 3. The van der Waals surface area contributed by atoms with Gasteiger partial charge in [0.05, 0.1) is 5.69 Å². The molecule has 2 N–H and O–H groups in total. The summed E-state index contributed by atoms with van der Waals surface area (Å²) >= 11 is 0. The summed E-state index contributed by atoms with van der Waals surface area (Å²) in [6, 6.07) is 2.91. The van der Waals surface area contributed by atoms with Crippen LogP contribution in [-0.2, 0) is 6.54 Å². The van der Waals surface area contributed by atoms with Gasteiger partial charge in [0.1, 0.15) is 5.75 Å². The normalized spacial score (nSPS) is 13.7. The number of hydrogen-bond donors (Lipinski definition) is 1. The zero-order chi connectivity index (χ0) is 11.5. The van der Waals surface area contributed by atoms with E-state index in [9.17, 15) is 13.2 Å². The Kier molecular flexibility index (Phi) is 3.52. The lowest BCUT2D eigenvalue weighted by molar-refractivity contribution is -0.189. The van der Waals surface area contributed by atoms with Crippen molar-refractivity contribution in [3.05, 3.63) is 24.0 Å². The van der Waals surface area contributed by atoms with Crippen LogP contribution in [0.5, 0.6) is 5.75 Å². The number of ether oxygens (including phenoxy) is 1. The Bertz CT molecular complexity index is 327. The Balaban J connectivity index is 2.80. The van der Waals surface area contributed by atoms with Crippen molar-refractivity contribution in [2.24, 2.45) is 5.73 Å². The molecule has 15 heavy (non-hydrogen) atoms. The summed E-state index contributed by atoms with van der Waals surface area (Å²) in [6.07, 6.45) is -4.80. The van der Waals surface area contributed by atoms with Gasteiger partial charge in [0.15, 0.2) is 6.10 Å². The molecular weight excluding hydrogens is 209 g/mol. The lowest BCUT2D eigenvalue weighted by Gasteiger charge is -2.18. The average molecular weight is 220 g/mol. The Hall–Kier alpha value is -1.30. The molecule has 1 rings (SSSR count). The average Bonchev–Trinajstić information content (AvgIpc) is 2.17. The summed E-state index contributed by atoms with van der Waals surface area (Å²) < 4.78 is 41.3. The molecule has 1 heterocycles. The molecule has 0 aliphatic carbocycles. The first kappa shape index (κ1) is 11.8. The maximum atomic E-state index is 12.2. The van der Waals surface area contributed by atoms with E-state index in [2.05, 4.69) is 4.98 Å². The van der Waals surface area contributed by atoms with Crippen LogP contribution in [0.3, 0.4) is 0 Å². The second-order valence-electron chi connectivity index (χ2n) is 2.95. The van der Waals surface area contributed by atoms with Crippen molar-refractivity contribution in [3.8, 4) is 5.75 Å². The molecule has 1 aromatic rings. The SMILES string of the molecule is CC(Oc1cccnc1CN)C(F)(F)F. The van der Waals surface area contributed by atoms with Gasteiger partial charge in [0.2, 0.25) is 0 Å². The van der Waals surface area contributed by atoms with Gasteiger partial charge < -0.3 is 10.5 Å². The first-order valence-corrected chi connectivity index (χ1v) is 4.32. The van der Waals surface area contributed by atoms with E-state index in [1.165, 1.54) is 18.3 Å². The van der Waals surface area contributed by atoms with Crippen LogP contribution in [0, 0.1) is 0 Å². The standard InChI is InChI=1S/C9H11F3N2O/c1-6(9(10,11)12)15-8-3-2-4-14-7(8)5-13/h2-4,6H,5,13H2,1H3. The smallest absolute Gasteiger partial charge is 0.425 e. The van der Waals surface area contributed by atoms with Gasteiger partial charge in [-0.05, 0) is 19.1 Å². The maximum Gasteiger partial charge on any atom is 0.425 e.